The number of carboxylic acids is 1. The predicted octanol–water partition coefficient (Wildman–Crippen LogP) is 3.36. The minimum Gasteiger partial charge on any atom is -0.481 e. The van der Waals surface area contributed by atoms with Gasteiger partial charge >= 0.3 is 5.97 Å². The van der Waals surface area contributed by atoms with Crippen molar-refractivity contribution in [3.63, 3.8) is 0 Å². The fourth-order valence-electron chi connectivity index (χ4n) is 1.77. The number of aromatic nitrogens is 3. The molecule has 0 aliphatic rings. The smallest absolute Gasteiger partial charge is 0.309 e. The fourth-order valence-corrected chi connectivity index (χ4v) is 4.73. The molecule has 0 unspecified atom stereocenters. The van der Waals surface area contributed by atoms with Crippen molar-refractivity contribution >= 4 is 40.4 Å². The quantitative estimate of drug-likeness (QED) is 0.735. The van der Waals surface area contributed by atoms with Crippen molar-refractivity contribution in [1.82, 2.24) is 15.2 Å². The van der Waals surface area contributed by atoms with Crippen molar-refractivity contribution in [2.24, 2.45) is 0 Å². The number of thiazole rings is 1. The Morgan fingerprint density at radius 1 is 1.18 bits per heavy atom. The summed E-state index contributed by atoms with van der Waals surface area (Å²) < 4.78 is 1.61. The lowest BCUT2D eigenvalue weighted by atomic mass is 10.2. The number of aliphatic carboxylic acids is 1. The van der Waals surface area contributed by atoms with E-state index in [-0.39, 0.29) is 6.42 Å². The van der Waals surface area contributed by atoms with Crippen LogP contribution in [0.15, 0.2) is 44.4 Å². The van der Waals surface area contributed by atoms with Crippen LogP contribution in [0.25, 0.3) is 0 Å². The van der Waals surface area contributed by atoms with Crippen molar-refractivity contribution in [3.8, 4) is 0 Å². The number of nitrogens with zero attached hydrogens (tertiary/aromatic N) is 3. The molecule has 1 N–H and O–H groups in total. The lowest BCUT2D eigenvalue weighted by Gasteiger charge is -1.94. The second kappa shape index (κ2) is 6.99. The first-order valence-electron chi connectivity index (χ1n) is 6.39. The number of rotatable bonds is 6. The minimum absolute atomic E-state index is 0.0492. The van der Waals surface area contributed by atoms with E-state index in [4.69, 9.17) is 5.11 Å². The SMILES string of the molecule is O=C(O)Cc1csc(Sc2nnc(Cc3ccccc3)s2)n1. The molecule has 0 saturated carbocycles. The van der Waals surface area contributed by atoms with Crippen molar-refractivity contribution in [1.29, 1.82) is 0 Å². The first kappa shape index (κ1) is 15.1. The molecule has 0 aliphatic carbocycles. The molecular weight excluding hydrogens is 338 g/mol. The molecule has 0 spiro atoms. The van der Waals surface area contributed by atoms with E-state index >= 15 is 0 Å². The summed E-state index contributed by atoms with van der Waals surface area (Å²) in [4.78, 5) is 14.9. The summed E-state index contributed by atoms with van der Waals surface area (Å²) >= 11 is 4.39. The molecule has 0 atom stereocenters. The Labute approximate surface area is 139 Å². The third-order valence-corrected chi connectivity index (χ3v) is 5.65. The molecule has 1 aromatic carbocycles. The van der Waals surface area contributed by atoms with Crippen molar-refractivity contribution in [2.45, 2.75) is 21.5 Å². The largest absolute Gasteiger partial charge is 0.481 e. The Hall–Kier alpha value is -1.77. The molecule has 0 saturated heterocycles. The van der Waals surface area contributed by atoms with Crippen LogP contribution in [0.3, 0.4) is 0 Å². The summed E-state index contributed by atoms with van der Waals surface area (Å²) in [6.07, 6.45) is 0.716. The zero-order valence-electron chi connectivity index (χ0n) is 11.3. The first-order valence-corrected chi connectivity index (χ1v) is 8.90. The van der Waals surface area contributed by atoms with Crippen LogP contribution >= 0.6 is 34.4 Å². The van der Waals surface area contributed by atoms with Crippen LogP contribution in [0.4, 0.5) is 0 Å². The molecule has 5 nitrogen and oxygen atoms in total. The van der Waals surface area contributed by atoms with E-state index in [2.05, 4.69) is 27.3 Å². The number of hydrogen-bond acceptors (Lipinski definition) is 7. The first-order chi connectivity index (χ1) is 10.7. The van der Waals surface area contributed by atoms with Gasteiger partial charge in [0.05, 0.1) is 12.1 Å². The molecule has 22 heavy (non-hydrogen) atoms. The van der Waals surface area contributed by atoms with Gasteiger partial charge in [-0.25, -0.2) is 4.98 Å². The van der Waals surface area contributed by atoms with Gasteiger partial charge in [0.1, 0.15) is 5.01 Å². The van der Waals surface area contributed by atoms with Gasteiger partial charge in [-0.1, -0.05) is 41.7 Å². The van der Waals surface area contributed by atoms with Crippen molar-refractivity contribution in [2.75, 3.05) is 0 Å². The van der Waals surface area contributed by atoms with E-state index in [0.29, 0.717) is 5.69 Å². The average molecular weight is 349 g/mol. The van der Waals surface area contributed by atoms with Gasteiger partial charge in [-0.15, -0.1) is 21.5 Å². The van der Waals surface area contributed by atoms with E-state index in [9.17, 15) is 4.79 Å². The summed E-state index contributed by atoms with van der Waals surface area (Å²) in [6.45, 7) is 0. The number of hydrogen-bond donors (Lipinski definition) is 1. The molecule has 2 aromatic heterocycles. The van der Waals surface area contributed by atoms with E-state index in [1.54, 1.807) is 5.38 Å². The lowest BCUT2D eigenvalue weighted by Crippen LogP contribution is -1.99. The molecule has 0 fully saturated rings. The maximum absolute atomic E-state index is 10.7. The van der Waals surface area contributed by atoms with Crippen LogP contribution in [0.1, 0.15) is 16.3 Å². The standard InChI is InChI=1S/C14H11N3O2S3/c18-12(19)7-10-8-20-13(15-10)22-14-17-16-11(21-14)6-9-4-2-1-3-5-9/h1-5,8H,6-7H2,(H,18,19). The number of carboxylic acid groups (broad SMARTS) is 1. The molecular formula is C14H11N3O2S3. The fraction of sp³-hybridized carbons (Fsp3) is 0.143. The van der Waals surface area contributed by atoms with Gasteiger partial charge in [-0.05, 0) is 17.3 Å². The van der Waals surface area contributed by atoms with Gasteiger partial charge in [0.15, 0.2) is 8.68 Å². The van der Waals surface area contributed by atoms with Crippen LogP contribution in [0, 0.1) is 0 Å². The zero-order valence-corrected chi connectivity index (χ0v) is 13.7. The molecule has 0 bridgehead atoms. The minimum atomic E-state index is -0.872. The highest BCUT2D eigenvalue weighted by molar-refractivity contribution is 8.02. The summed E-state index contributed by atoms with van der Waals surface area (Å²) in [5, 5.41) is 19.8. The molecule has 0 amide bonds. The molecule has 0 radical (unpaired) electrons. The number of benzene rings is 1. The Morgan fingerprint density at radius 3 is 2.77 bits per heavy atom. The highest BCUT2D eigenvalue weighted by Gasteiger charge is 2.11. The zero-order chi connectivity index (χ0) is 15.4. The average Bonchev–Trinajstić information content (AvgIpc) is 3.10. The lowest BCUT2D eigenvalue weighted by molar-refractivity contribution is -0.136. The predicted molar refractivity (Wildman–Crippen MR) is 86.7 cm³/mol. The Morgan fingerprint density at radius 2 is 2.00 bits per heavy atom. The Bertz CT molecular complexity index is 771. The number of carbonyl (C=O) groups is 1. The molecule has 112 valence electrons. The van der Waals surface area contributed by atoms with E-state index in [0.717, 1.165) is 20.1 Å². The van der Waals surface area contributed by atoms with Crippen LogP contribution < -0.4 is 0 Å². The molecule has 3 aromatic rings. The van der Waals surface area contributed by atoms with E-state index < -0.39 is 5.97 Å². The summed E-state index contributed by atoms with van der Waals surface area (Å²) in [6, 6.07) is 10.1. The topological polar surface area (TPSA) is 76.0 Å². The third-order valence-electron chi connectivity index (χ3n) is 2.68. The summed E-state index contributed by atoms with van der Waals surface area (Å²) in [5.41, 5.74) is 1.78. The summed E-state index contributed by atoms with van der Waals surface area (Å²) in [7, 11) is 0. The van der Waals surface area contributed by atoms with Gasteiger partial charge in [-0.2, -0.15) is 0 Å². The van der Waals surface area contributed by atoms with E-state index in [1.807, 2.05) is 18.2 Å². The maximum atomic E-state index is 10.7. The van der Waals surface area contributed by atoms with Gasteiger partial charge < -0.3 is 5.11 Å². The Balaban J connectivity index is 1.64. The van der Waals surface area contributed by atoms with Gasteiger partial charge in [0, 0.05) is 11.8 Å². The highest BCUT2D eigenvalue weighted by atomic mass is 32.2. The normalized spacial score (nSPS) is 10.7. The second-order valence-corrected chi connectivity index (χ2v) is 7.82. The van der Waals surface area contributed by atoms with Crippen LogP contribution in [0.5, 0.6) is 0 Å². The molecule has 2 heterocycles. The van der Waals surface area contributed by atoms with E-state index in [1.165, 1.54) is 40.0 Å². The Kier molecular flexibility index (Phi) is 4.81. The van der Waals surface area contributed by atoms with Gasteiger partial charge in [0.2, 0.25) is 0 Å². The van der Waals surface area contributed by atoms with Crippen LogP contribution in [0.2, 0.25) is 0 Å². The molecule has 8 heteroatoms. The van der Waals surface area contributed by atoms with Crippen LogP contribution in [-0.2, 0) is 17.6 Å². The van der Waals surface area contributed by atoms with Gasteiger partial charge in [0.25, 0.3) is 0 Å². The molecule has 0 aliphatic heterocycles. The third kappa shape index (κ3) is 4.12. The van der Waals surface area contributed by atoms with Gasteiger partial charge in [-0.3, -0.25) is 4.79 Å². The van der Waals surface area contributed by atoms with Crippen molar-refractivity contribution < 1.29 is 9.90 Å². The highest BCUT2D eigenvalue weighted by Crippen LogP contribution is 2.32. The van der Waals surface area contributed by atoms with Crippen LogP contribution in [-0.4, -0.2) is 26.3 Å². The van der Waals surface area contributed by atoms with Crippen molar-refractivity contribution in [3.05, 3.63) is 52.0 Å². The monoisotopic (exact) mass is 349 g/mol. The maximum Gasteiger partial charge on any atom is 0.309 e. The summed E-state index contributed by atoms with van der Waals surface area (Å²) in [5.74, 6) is -0.872. The second-order valence-electron chi connectivity index (χ2n) is 4.40. The molecule has 3 rings (SSSR count).